The maximum Gasteiger partial charge on any atom is 0.189 e. The summed E-state index contributed by atoms with van der Waals surface area (Å²) in [6, 6.07) is 4.13. The molecular formula is C13H19Br2NO2. The van der Waals surface area contributed by atoms with Crippen LogP contribution < -0.4 is 10.1 Å². The average Bonchev–Trinajstić information content (AvgIpc) is 2.33. The van der Waals surface area contributed by atoms with Crippen molar-refractivity contribution in [1.82, 2.24) is 5.32 Å². The Kier molecular flexibility index (Phi) is 7.90. The van der Waals surface area contributed by atoms with Crippen molar-refractivity contribution in [2.75, 3.05) is 19.9 Å². The predicted molar refractivity (Wildman–Crippen MR) is 81.0 cm³/mol. The van der Waals surface area contributed by atoms with E-state index >= 15 is 0 Å². The molecule has 18 heavy (non-hydrogen) atoms. The fourth-order valence-corrected chi connectivity index (χ4v) is 2.96. The van der Waals surface area contributed by atoms with Gasteiger partial charge >= 0.3 is 0 Å². The number of nitrogens with one attached hydrogen (secondary N) is 1. The topological polar surface area (TPSA) is 30.5 Å². The number of benzene rings is 1. The van der Waals surface area contributed by atoms with Gasteiger partial charge in [0.05, 0.1) is 8.95 Å². The number of hydrogen-bond donors (Lipinski definition) is 1. The van der Waals surface area contributed by atoms with E-state index in [1.165, 1.54) is 5.56 Å². The molecule has 0 aromatic heterocycles. The second-order valence-electron chi connectivity index (χ2n) is 3.82. The summed E-state index contributed by atoms with van der Waals surface area (Å²) >= 11 is 7.04. The van der Waals surface area contributed by atoms with Crippen molar-refractivity contribution in [2.24, 2.45) is 0 Å². The van der Waals surface area contributed by atoms with Crippen molar-refractivity contribution in [3.05, 3.63) is 26.6 Å². The van der Waals surface area contributed by atoms with E-state index in [9.17, 15) is 0 Å². The Hall–Kier alpha value is -0.100. The summed E-state index contributed by atoms with van der Waals surface area (Å²) < 4.78 is 12.6. The predicted octanol–water partition coefficient (Wildman–Crippen LogP) is 4.08. The van der Waals surface area contributed by atoms with Gasteiger partial charge in [0.2, 0.25) is 0 Å². The molecule has 5 heteroatoms. The highest BCUT2D eigenvalue weighted by molar-refractivity contribution is 9.11. The van der Waals surface area contributed by atoms with Gasteiger partial charge in [0.25, 0.3) is 0 Å². The zero-order chi connectivity index (χ0) is 13.4. The van der Waals surface area contributed by atoms with E-state index in [1.54, 1.807) is 0 Å². The van der Waals surface area contributed by atoms with Crippen LogP contribution in [-0.4, -0.2) is 19.9 Å². The molecule has 1 aromatic carbocycles. The lowest BCUT2D eigenvalue weighted by Gasteiger charge is -2.12. The summed E-state index contributed by atoms with van der Waals surface area (Å²) in [6.45, 7) is 6.89. The lowest BCUT2D eigenvalue weighted by molar-refractivity contribution is 0.0215. The largest absolute Gasteiger partial charge is 0.465 e. The number of rotatable bonds is 8. The number of ether oxygens (including phenoxy) is 2. The van der Waals surface area contributed by atoms with E-state index in [2.05, 4.69) is 56.2 Å². The van der Waals surface area contributed by atoms with Crippen LogP contribution in [0.5, 0.6) is 5.75 Å². The van der Waals surface area contributed by atoms with Gasteiger partial charge in [0.15, 0.2) is 12.5 Å². The Bertz CT molecular complexity index is 349. The van der Waals surface area contributed by atoms with Gasteiger partial charge in [0.1, 0.15) is 0 Å². The minimum atomic E-state index is 0.265. The van der Waals surface area contributed by atoms with E-state index in [0.717, 1.165) is 34.2 Å². The normalized spacial score (nSPS) is 10.7. The van der Waals surface area contributed by atoms with E-state index < -0.39 is 0 Å². The Morgan fingerprint density at radius 1 is 1.17 bits per heavy atom. The van der Waals surface area contributed by atoms with Crippen LogP contribution in [0.3, 0.4) is 0 Å². The molecule has 3 nitrogen and oxygen atoms in total. The monoisotopic (exact) mass is 379 g/mol. The highest BCUT2D eigenvalue weighted by Crippen LogP contribution is 2.34. The number of halogens is 2. The van der Waals surface area contributed by atoms with Gasteiger partial charge in [-0.25, -0.2) is 0 Å². The third-order valence-electron chi connectivity index (χ3n) is 2.30. The Labute approximate surface area is 125 Å². The van der Waals surface area contributed by atoms with Crippen molar-refractivity contribution < 1.29 is 9.47 Å². The van der Waals surface area contributed by atoms with E-state index in [1.807, 2.05) is 6.92 Å². The Balaban J connectivity index is 2.65. The second-order valence-corrected chi connectivity index (χ2v) is 5.53. The van der Waals surface area contributed by atoms with E-state index in [4.69, 9.17) is 9.47 Å². The molecule has 0 saturated heterocycles. The smallest absolute Gasteiger partial charge is 0.189 e. The van der Waals surface area contributed by atoms with Crippen molar-refractivity contribution in [1.29, 1.82) is 0 Å². The third-order valence-corrected chi connectivity index (χ3v) is 3.48. The SMILES string of the molecule is CCCNCc1cc(Br)c(OCOCC)c(Br)c1. The van der Waals surface area contributed by atoms with Crippen LogP contribution >= 0.6 is 31.9 Å². The maximum absolute atomic E-state index is 5.55. The van der Waals surface area contributed by atoms with Crippen LogP contribution in [0.2, 0.25) is 0 Å². The minimum Gasteiger partial charge on any atom is -0.465 e. The molecule has 0 heterocycles. The molecular weight excluding hydrogens is 362 g/mol. The lowest BCUT2D eigenvalue weighted by Crippen LogP contribution is -2.14. The molecule has 0 aliphatic rings. The molecule has 0 atom stereocenters. The van der Waals surface area contributed by atoms with Crippen molar-refractivity contribution in [2.45, 2.75) is 26.8 Å². The molecule has 0 bridgehead atoms. The summed E-state index contributed by atoms with van der Waals surface area (Å²) in [5.41, 5.74) is 1.21. The first-order chi connectivity index (χ1) is 8.69. The van der Waals surface area contributed by atoms with Crippen LogP contribution in [0.15, 0.2) is 21.1 Å². The van der Waals surface area contributed by atoms with Crippen LogP contribution in [0, 0.1) is 0 Å². The Morgan fingerprint density at radius 3 is 2.39 bits per heavy atom. The first-order valence-corrected chi connectivity index (χ1v) is 7.66. The zero-order valence-corrected chi connectivity index (χ0v) is 13.9. The van der Waals surface area contributed by atoms with Crippen molar-refractivity contribution in [3.8, 4) is 5.75 Å². The fourth-order valence-electron chi connectivity index (χ4n) is 1.45. The molecule has 1 rings (SSSR count). The zero-order valence-electron chi connectivity index (χ0n) is 10.8. The molecule has 0 saturated carbocycles. The van der Waals surface area contributed by atoms with Crippen molar-refractivity contribution in [3.63, 3.8) is 0 Å². The summed E-state index contributed by atoms with van der Waals surface area (Å²) in [7, 11) is 0. The molecule has 0 aliphatic heterocycles. The van der Waals surface area contributed by atoms with Crippen LogP contribution in [0.1, 0.15) is 25.8 Å². The first kappa shape index (κ1) is 16.0. The van der Waals surface area contributed by atoms with Gasteiger partial charge in [-0.05, 0) is 69.4 Å². The fraction of sp³-hybridized carbons (Fsp3) is 0.538. The molecule has 0 fully saturated rings. The standard InChI is InChI=1S/C13H19Br2NO2/c1-3-5-16-8-10-6-11(14)13(12(15)7-10)18-9-17-4-2/h6-7,16H,3-5,8-9H2,1-2H3. The summed E-state index contributed by atoms with van der Waals surface area (Å²) in [6.07, 6.45) is 1.14. The van der Waals surface area contributed by atoms with Gasteiger partial charge in [-0.2, -0.15) is 0 Å². The van der Waals surface area contributed by atoms with Crippen molar-refractivity contribution >= 4 is 31.9 Å². The molecule has 0 spiro atoms. The van der Waals surface area contributed by atoms with E-state index in [-0.39, 0.29) is 6.79 Å². The summed E-state index contributed by atoms with van der Waals surface area (Å²) in [5, 5.41) is 3.37. The number of hydrogen-bond acceptors (Lipinski definition) is 3. The first-order valence-electron chi connectivity index (χ1n) is 6.08. The van der Waals surface area contributed by atoms with Gasteiger partial charge in [-0.1, -0.05) is 6.92 Å². The van der Waals surface area contributed by atoms with Crippen LogP contribution in [0.25, 0.3) is 0 Å². The lowest BCUT2D eigenvalue weighted by atomic mass is 10.2. The molecule has 0 aliphatic carbocycles. The molecule has 102 valence electrons. The molecule has 0 unspecified atom stereocenters. The maximum atomic E-state index is 5.55. The average molecular weight is 381 g/mol. The summed E-state index contributed by atoms with van der Waals surface area (Å²) in [4.78, 5) is 0. The van der Waals surface area contributed by atoms with Gasteiger partial charge in [0, 0.05) is 13.2 Å². The Morgan fingerprint density at radius 2 is 1.83 bits per heavy atom. The van der Waals surface area contributed by atoms with Gasteiger partial charge in [-0.3, -0.25) is 0 Å². The molecule has 1 aromatic rings. The van der Waals surface area contributed by atoms with Crippen LogP contribution in [-0.2, 0) is 11.3 Å². The van der Waals surface area contributed by atoms with Crippen LogP contribution in [0.4, 0.5) is 0 Å². The minimum absolute atomic E-state index is 0.265. The summed E-state index contributed by atoms with van der Waals surface area (Å²) in [5.74, 6) is 0.780. The molecule has 0 radical (unpaired) electrons. The van der Waals surface area contributed by atoms with E-state index in [0.29, 0.717) is 6.61 Å². The highest BCUT2D eigenvalue weighted by atomic mass is 79.9. The molecule has 1 N–H and O–H groups in total. The third kappa shape index (κ3) is 5.26. The highest BCUT2D eigenvalue weighted by Gasteiger charge is 2.08. The van der Waals surface area contributed by atoms with Gasteiger partial charge < -0.3 is 14.8 Å². The van der Waals surface area contributed by atoms with Gasteiger partial charge in [-0.15, -0.1) is 0 Å². The molecule has 0 amide bonds. The second kappa shape index (κ2) is 8.91. The quantitative estimate of drug-likeness (QED) is 0.544.